The van der Waals surface area contributed by atoms with E-state index in [9.17, 15) is 0 Å². The smallest absolute Gasteiger partial charge is 0.0126 e. The third kappa shape index (κ3) is 3.47. The Balaban J connectivity index is 2.39. The van der Waals surface area contributed by atoms with Gasteiger partial charge in [-0.3, -0.25) is 0 Å². The number of benzene rings is 1. The van der Waals surface area contributed by atoms with E-state index in [-0.39, 0.29) is 0 Å². The quantitative estimate of drug-likeness (QED) is 0.645. The highest BCUT2D eigenvalue weighted by molar-refractivity contribution is 7.80. The van der Waals surface area contributed by atoms with Crippen LogP contribution in [0.4, 0.5) is 0 Å². The SMILES string of the molecule is CC([S])CCc1ccccc1. The molecule has 1 aromatic rings. The minimum absolute atomic E-state index is 0.398. The molecule has 1 atom stereocenters. The standard InChI is InChI=1S/C10H13S/c1-9(11)7-8-10-5-3-2-4-6-10/h2-6,9H,7-8H2,1H3. The van der Waals surface area contributed by atoms with Crippen molar-refractivity contribution in [2.45, 2.75) is 25.0 Å². The monoisotopic (exact) mass is 165 g/mol. The Labute approximate surface area is 74.0 Å². The summed E-state index contributed by atoms with van der Waals surface area (Å²) in [4.78, 5) is 0. The molecule has 11 heavy (non-hydrogen) atoms. The number of aryl methyl sites for hydroxylation is 1. The fourth-order valence-corrected chi connectivity index (χ4v) is 1.13. The van der Waals surface area contributed by atoms with Crippen LogP contribution in [0.3, 0.4) is 0 Å². The van der Waals surface area contributed by atoms with E-state index in [0.717, 1.165) is 12.8 Å². The number of hydrogen-bond acceptors (Lipinski definition) is 0. The Bertz CT molecular complexity index is 191. The van der Waals surface area contributed by atoms with Gasteiger partial charge >= 0.3 is 0 Å². The molecule has 0 N–H and O–H groups in total. The van der Waals surface area contributed by atoms with Gasteiger partial charge in [-0.15, -0.1) is 0 Å². The van der Waals surface area contributed by atoms with Crippen LogP contribution < -0.4 is 0 Å². The highest BCUT2D eigenvalue weighted by Crippen LogP contribution is 2.07. The molecule has 1 unspecified atom stereocenters. The highest BCUT2D eigenvalue weighted by atomic mass is 32.1. The number of hydrogen-bond donors (Lipinski definition) is 0. The lowest BCUT2D eigenvalue weighted by Gasteiger charge is -2.01. The maximum absolute atomic E-state index is 5.08. The van der Waals surface area contributed by atoms with Gasteiger partial charge < -0.3 is 0 Å². The average Bonchev–Trinajstić information content (AvgIpc) is 2.03. The van der Waals surface area contributed by atoms with E-state index < -0.39 is 0 Å². The molecule has 0 bridgehead atoms. The Kier molecular flexibility index (Phi) is 3.50. The Morgan fingerprint density at radius 1 is 1.27 bits per heavy atom. The predicted octanol–water partition coefficient (Wildman–Crippen LogP) is 3.21. The summed E-state index contributed by atoms with van der Waals surface area (Å²) >= 11 is 5.08. The van der Waals surface area contributed by atoms with Crippen LogP contribution in [0.2, 0.25) is 0 Å². The van der Waals surface area contributed by atoms with Crippen LogP contribution in [0, 0.1) is 0 Å². The fourth-order valence-electron chi connectivity index (χ4n) is 1.01. The second kappa shape index (κ2) is 4.45. The molecule has 0 aliphatic heterocycles. The van der Waals surface area contributed by atoms with Gasteiger partial charge in [0.1, 0.15) is 0 Å². The molecule has 0 aliphatic carbocycles. The Morgan fingerprint density at radius 2 is 1.91 bits per heavy atom. The van der Waals surface area contributed by atoms with Gasteiger partial charge in [0, 0.05) is 5.25 Å². The zero-order valence-electron chi connectivity index (χ0n) is 6.79. The molecule has 59 valence electrons. The molecule has 1 rings (SSSR count). The van der Waals surface area contributed by atoms with E-state index in [4.69, 9.17) is 12.6 Å². The maximum Gasteiger partial charge on any atom is 0.0126 e. The predicted molar refractivity (Wildman–Crippen MR) is 51.8 cm³/mol. The molecule has 1 heteroatoms. The Hall–Kier alpha value is -0.430. The molecule has 0 saturated carbocycles. The summed E-state index contributed by atoms with van der Waals surface area (Å²) in [5, 5.41) is 0.398. The zero-order valence-corrected chi connectivity index (χ0v) is 7.60. The lowest BCUT2D eigenvalue weighted by atomic mass is 10.1. The van der Waals surface area contributed by atoms with Gasteiger partial charge in [-0.25, -0.2) is 0 Å². The molecule has 0 nitrogen and oxygen atoms in total. The van der Waals surface area contributed by atoms with Crippen LogP contribution in [0.15, 0.2) is 30.3 Å². The second-order valence-electron chi connectivity index (χ2n) is 2.83. The van der Waals surface area contributed by atoms with E-state index >= 15 is 0 Å². The van der Waals surface area contributed by atoms with Crippen molar-refractivity contribution in [2.24, 2.45) is 0 Å². The molecule has 0 spiro atoms. The van der Waals surface area contributed by atoms with Crippen LogP contribution in [-0.2, 0) is 6.42 Å². The minimum Gasteiger partial charge on any atom is -0.0907 e. The normalized spacial score (nSPS) is 12.9. The molecule has 0 fully saturated rings. The molecule has 0 heterocycles. The highest BCUT2D eigenvalue weighted by Gasteiger charge is 1.95. The van der Waals surface area contributed by atoms with Crippen LogP contribution in [0.25, 0.3) is 0 Å². The van der Waals surface area contributed by atoms with Gasteiger partial charge in [0.2, 0.25) is 0 Å². The largest absolute Gasteiger partial charge is 0.0907 e. The van der Waals surface area contributed by atoms with E-state index in [2.05, 4.69) is 31.2 Å². The fraction of sp³-hybridized carbons (Fsp3) is 0.400. The van der Waals surface area contributed by atoms with Crippen LogP contribution in [0.5, 0.6) is 0 Å². The molecule has 0 saturated heterocycles. The summed E-state index contributed by atoms with van der Waals surface area (Å²) in [6.45, 7) is 2.08. The van der Waals surface area contributed by atoms with Gasteiger partial charge in [0.25, 0.3) is 0 Å². The lowest BCUT2D eigenvalue weighted by Crippen LogP contribution is -1.93. The van der Waals surface area contributed by atoms with E-state index in [1.54, 1.807) is 0 Å². The zero-order chi connectivity index (χ0) is 8.10. The van der Waals surface area contributed by atoms with Crippen LogP contribution in [0.1, 0.15) is 18.9 Å². The lowest BCUT2D eigenvalue weighted by molar-refractivity contribution is 0.816. The van der Waals surface area contributed by atoms with E-state index in [0.29, 0.717) is 5.25 Å². The first-order valence-electron chi connectivity index (χ1n) is 3.99. The first-order chi connectivity index (χ1) is 5.29. The molecule has 1 aromatic carbocycles. The summed E-state index contributed by atoms with van der Waals surface area (Å²) in [5.74, 6) is 0. The first-order valence-corrected chi connectivity index (χ1v) is 4.46. The van der Waals surface area contributed by atoms with E-state index in [1.807, 2.05) is 6.07 Å². The van der Waals surface area contributed by atoms with Gasteiger partial charge in [-0.2, -0.15) is 0 Å². The van der Waals surface area contributed by atoms with Gasteiger partial charge in [-0.05, 0) is 18.4 Å². The molecule has 1 radical (unpaired) electrons. The summed E-state index contributed by atoms with van der Waals surface area (Å²) in [6, 6.07) is 10.5. The minimum atomic E-state index is 0.398. The molecule has 0 amide bonds. The van der Waals surface area contributed by atoms with Crippen molar-refractivity contribution >= 4 is 12.6 Å². The van der Waals surface area contributed by atoms with Crippen molar-refractivity contribution in [1.82, 2.24) is 0 Å². The second-order valence-corrected chi connectivity index (χ2v) is 3.64. The third-order valence-corrected chi connectivity index (χ3v) is 1.92. The Morgan fingerprint density at radius 3 is 2.45 bits per heavy atom. The summed E-state index contributed by atoms with van der Waals surface area (Å²) in [5.41, 5.74) is 1.39. The van der Waals surface area contributed by atoms with Crippen molar-refractivity contribution in [3.05, 3.63) is 35.9 Å². The summed E-state index contributed by atoms with van der Waals surface area (Å²) in [6.07, 6.45) is 2.23. The molecule has 0 aromatic heterocycles. The van der Waals surface area contributed by atoms with E-state index in [1.165, 1.54) is 5.56 Å². The molecule has 0 aliphatic rings. The number of rotatable bonds is 3. The van der Waals surface area contributed by atoms with Crippen molar-refractivity contribution < 1.29 is 0 Å². The van der Waals surface area contributed by atoms with Crippen molar-refractivity contribution in [3.8, 4) is 0 Å². The molecular weight excluding hydrogens is 152 g/mol. The van der Waals surface area contributed by atoms with Crippen LogP contribution >= 0.6 is 12.6 Å². The van der Waals surface area contributed by atoms with Crippen LogP contribution in [-0.4, -0.2) is 5.25 Å². The van der Waals surface area contributed by atoms with Gasteiger partial charge in [0.15, 0.2) is 0 Å². The van der Waals surface area contributed by atoms with Gasteiger partial charge in [0.05, 0.1) is 0 Å². The maximum atomic E-state index is 5.08. The van der Waals surface area contributed by atoms with Crippen molar-refractivity contribution in [1.29, 1.82) is 0 Å². The molecular formula is C10H13S. The average molecular weight is 165 g/mol. The van der Waals surface area contributed by atoms with Crippen molar-refractivity contribution in [2.75, 3.05) is 0 Å². The summed E-state index contributed by atoms with van der Waals surface area (Å²) < 4.78 is 0. The first kappa shape index (κ1) is 8.66. The summed E-state index contributed by atoms with van der Waals surface area (Å²) in [7, 11) is 0. The topological polar surface area (TPSA) is 0 Å². The van der Waals surface area contributed by atoms with Crippen molar-refractivity contribution in [3.63, 3.8) is 0 Å². The third-order valence-electron chi connectivity index (χ3n) is 1.68. The van der Waals surface area contributed by atoms with Gasteiger partial charge in [-0.1, -0.05) is 49.9 Å².